The molecule has 0 saturated carbocycles. The molecule has 0 aromatic heterocycles. The van der Waals surface area contributed by atoms with Gasteiger partial charge in [-0.2, -0.15) is 0 Å². The topological polar surface area (TPSA) is 56.2 Å². The van der Waals surface area contributed by atoms with Gasteiger partial charge in [0.15, 0.2) is 11.0 Å². The number of likely N-dealkylation sites (tertiary alicyclic amines) is 1. The summed E-state index contributed by atoms with van der Waals surface area (Å²) in [5, 5.41) is 0.239. The molecule has 6 nitrogen and oxygen atoms in total. The van der Waals surface area contributed by atoms with Gasteiger partial charge >= 0.3 is 0 Å². The lowest BCUT2D eigenvalue weighted by atomic mass is 10.1. The summed E-state index contributed by atoms with van der Waals surface area (Å²) < 4.78 is 0. The van der Waals surface area contributed by atoms with Crippen LogP contribution in [0.2, 0.25) is 0 Å². The largest absolute Gasteiger partial charge is 0.302 e. The fourth-order valence-corrected chi connectivity index (χ4v) is 2.81. The molecule has 0 N–H and O–H groups in total. The number of rotatable bonds is 4. The maximum absolute atomic E-state index is 12.1. The van der Waals surface area contributed by atoms with Crippen LogP contribution in [-0.2, 0) is 9.59 Å². The summed E-state index contributed by atoms with van der Waals surface area (Å²) in [5.41, 5.74) is 0. The van der Waals surface area contributed by atoms with E-state index in [9.17, 15) is 9.59 Å². The minimum atomic E-state index is -0.840. The molecular weight excluding hydrogens is 288 g/mol. The summed E-state index contributed by atoms with van der Waals surface area (Å²) in [6.45, 7) is 3.75. The van der Waals surface area contributed by atoms with Crippen molar-refractivity contribution in [3.05, 3.63) is 0 Å². The first-order valence-electron chi connectivity index (χ1n) is 7.34. The van der Waals surface area contributed by atoms with Crippen molar-refractivity contribution in [2.24, 2.45) is 10.9 Å². The average Bonchev–Trinajstić information content (AvgIpc) is 2.51. The Bertz CT molecular complexity index is 436. The number of piperidine rings is 1. The second kappa shape index (κ2) is 7.09. The van der Waals surface area contributed by atoms with Crippen LogP contribution in [0, 0.1) is 5.92 Å². The Morgan fingerprint density at radius 2 is 1.71 bits per heavy atom. The van der Waals surface area contributed by atoms with Gasteiger partial charge in [0.05, 0.1) is 6.54 Å². The first-order chi connectivity index (χ1) is 10.0. The molecule has 0 bridgehead atoms. The van der Waals surface area contributed by atoms with E-state index in [0.29, 0.717) is 6.54 Å². The van der Waals surface area contributed by atoms with Gasteiger partial charge in [0.2, 0.25) is 11.8 Å². The lowest BCUT2D eigenvalue weighted by Crippen LogP contribution is -2.57. The van der Waals surface area contributed by atoms with E-state index in [0.717, 1.165) is 19.6 Å². The van der Waals surface area contributed by atoms with Crippen LogP contribution >= 0.6 is 12.2 Å². The van der Waals surface area contributed by atoms with Crippen molar-refractivity contribution in [2.75, 3.05) is 40.3 Å². The van der Waals surface area contributed by atoms with E-state index in [1.807, 2.05) is 0 Å². The number of thiocarbonyl (C=S) groups is 1. The lowest BCUT2D eigenvalue weighted by molar-refractivity contribution is -0.142. The summed E-state index contributed by atoms with van der Waals surface area (Å²) in [4.78, 5) is 33.5. The standard InChI is InChI=1S/C14H22N4O2S/c1-16-12(19)11(13(20)17(2)14(16)21)10-15-6-9-18-7-4-3-5-8-18/h10-11H,3-9H2,1-2H3. The van der Waals surface area contributed by atoms with Gasteiger partial charge in [0.1, 0.15) is 0 Å². The summed E-state index contributed by atoms with van der Waals surface area (Å²) in [6, 6.07) is 0. The van der Waals surface area contributed by atoms with Crippen LogP contribution in [-0.4, -0.2) is 78.1 Å². The fourth-order valence-electron chi connectivity index (χ4n) is 2.63. The fraction of sp³-hybridized carbons (Fsp3) is 0.714. The minimum Gasteiger partial charge on any atom is -0.302 e. The van der Waals surface area contributed by atoms with Gasteiger partial charge in [0, 0.05) is 26.9 Å². The number of hydrogen-bond acceptors (Lipinski definition) is 5. The average molecular weight is 310 g/mol. The van der Waals surface area contributed by atoms with E-state index >= 15 is 0 Å². The van der Waals surface area contributed by atoms with E-state index in [-0.39, 0.29) is 16.9 Å². The Morgan fingerprint density at radius 3 is 2.29 bits per heavy atom. The predicted molar refractivity (Wildman–Crippen MR) is 85.3 cm³/mol. The van der Waals surface area contributed by atoms with Gasteiger partial charge in [-0.05, 0) is 38.1 Å². The molecule has 21 heavy (non-hydrogen) atoms. The maximum Gasteiger partial charge on any atom is 0.246 e. The Morgan fingerprint density at radius 1 is 1.14 bits per heavy atom. The molecule has 2 aliphatic rings. The highest BCUT2D eigenvalue weighted by Gasteiger charge is 2.39. The smallest absolute Gasteiger partial charge is 0.246 e. The molecule has 116 valence electrons. The molecule has 7 heteroatoms. The van der Waals surface area contributed by atoms with Crippen LogP contribution in [0.4, 0.5) is 0 Å². The number of nitrogens with zero attached hydrogens (tertiary/aromatic N) is 4. The molecule has 0 aliphatic carbocycles. The first kappa shape index (κ1) is 16.0. The van der Waals surface area contributed by atoms with Crippen LogP contribution in [0.1, 0.15) is 19.3 Å². The highest BCUT2D eigenvalue weighted by molar-refractivity contribution is 7.80. The third-order valence-corrected chi connectivity index (χ3v) is 4.56. The number of carbonyl (C=O) groups excluding carboxylic acids is 2. The van der Waals surface area contributed by atoms with E-state index < -0.39 is 5.92 Å². The molecule has 0 atom stereocenters. The van der Waals surface area contributed by atoms with Crippen molar-refractivity contribution >= 4 is 35.4 Å². The van der Waals surface area contributed by atoms with Gasteiger partial charge in [-0.3, -0.25) is 24.4 Å². The van der Waals surface area contributed by atoms with Gasteiger partial charge in [-0.15, -0.1) is 0 Å². The Labute approximate surface area is 130 Å². The second-order valence-corrected chi connectivity index (χ2v) is 5.88. The third kappa shape index (κ3) is 3.65. The molecule has 0 radical (unpaired) electrons. The lowest BCUT2D eigenvalue weighted by Gasteiger charge is -2.33. The second-order valence-electron chi connectivity index (χ2n) is 5.51. The Kier molecular flexibility index (Phi) is 5.41. The van der Waals surface area contributed by atoms with E-state index in [1.165, 1.54) is 35.3 Å². The minimum absolute atomic E-state index is 0.239. The molecule has 0 unspecified atom stereocenters. The van der Waals surface area contributed by atoms with Crippen LogP contribution in [0.5, 0.6) is 0 Å². The molecule has 2 rings (SSSR count). The van der Waals surface area contributed by atoms with Crippen LogP contribution < -0.4 is 0 Å². The molecule has 0 spiro atoms. The molecule has 2 heterocycles. The molecule has 0 aromatic carbocycles. The molecule has 2 fully saturated rings. The van der Waals surface area contributed by atoms with Crippen molar-refractivity contribution in [1.29, 1.82) is 0 Å². The van der Waals surface area contributed by atoms with E-state index in [4.69, 9.17) is 12.2 Å². The van der Waals surface area contributed by atoms with Crippen LogP contribution in [0.25, 0.3) is 0 Å². The molecule has 2 amide bonds. The quantitative estimate of drug-likeness (QED) is 0.428. The predicted octanol–water partition coefficient (Wildman–Crippen LogP) is 0.375. The monoisotopic (exact) mass is 310 g/mol. The van der Waals surface area contributed by atoms with E-state index in [2.05, 4.69) is 9.89 Å². The van der Waals surface area contributed by atoms with E-state index in [1.54, 1.807) is 14.1 Å². The van der Waals surface area contributed by atoms with Crippen molar-refractivity contribution in [3.63, 3.8) is 0 Å². The number of hydrogen-bond donors (Lipinski definition) is 0. The number of aliphatic imine (C=N–C) groups is 1. The zero-order valence-corrected chi connectivity index (χ0v) is 13.4. The van der Waals surface area contributed by atoms with Crippen molar-refractivity contribution < 1.29 is 9.59 Å². The molecule has 2 saturated heterocycles. The van der Waals surface area contributed by atoms with Crippen molar-refractivity contribution in [1.82, 2.24) is 14.7 Å². The molecular formula is C14H22N4O2S. The zero-order valence-electron chi connectivity index (χ0n) is 12.6. The highest BCUT2D eigenvalue weighted by Crippen LogP contribution is 2.14. The van der Waals surface area contributed by atoms with Gasteiger partial charge in [-0.1, -0.05) is 6.42 Å². The first-order valence-corrected chi connectivity index (χ1v) is 7.74. The Hall–Kier alpha value is -1.34. The maximum atomic E-state index is 12.1. The molecule has 0 aromatic rings. The van der Waals surface area contributed by atoms with Crippen LogP contribution in [0.15, 0.2) is 4.99 Å². The van der Waals surface area contributed by atoms with Gasteiger partial charge in [-0.25, -0.2) is 0 Å². The normalized spacial score (nSPS) is 22.7. The van der Waals surface area contributed by atoms with Crippen LogP contribution in [0.3, 0.4) is 0 Å². The summed E-state index contributed by atoms with van der Waals surface area (Å²) >= 11 is 5.04. The summed E-state index contributed by atoms with van der Waals surface area (Å²) in [6.07, 6.45) is 5.28. The van der Waals surface area contributed by atoms with Crippen molar-refractivity contribution in [3.8, 4) is 0 Å². The van der Waals surface area contributed by atoms with Gasteiger partial charge < -0.3 is 4.90 Å². The Balaban J connectivity index is 1.88. The zero-order chi connectivity index (χ0) is 15.4. The SMILES string of the molecule is CN1C(=O)C(C=NCCN2CCCCC2)C(=O)N(C)C1=S. The van der Waals surface area contributed by atoms with Crippen molar-refractivity contribution in [2.45, 2.75) is 19.3 Å². The summed E-state index contributed by atoms with van der Waals surface area (Å²) in [7, 11) is 3.17. The summed E-state index contributed by atoms with van der Waals surface area (Å²) in [5.74, 6) is -1.44. The third-order valence-electron chi connectivity index (χ3n) is 4.02. The number of carbonyl (C=O) groups is 2. The highest BCUT2D eigenvalue weighted by atomic mass is 32.1. The molecule has 2 aliphatic heterocycles. The van der Waals surface area contributed by atoms with Gasteiger partial charge in [0.25, 0.3) is 0 Å². The number of amides is 2.